The molecule has 0 spiro atoms. The molecule has 1 amide bonds. The van der Waals surface area contributed by atoms with Gasteiger partial charge in [-0.2, -0.15) is 4.31 Å². The standard InChI is InChI=1S/C23H30N2O6S/c1-29-14-4-13-24-23(26)22-16-25(15-21(22)17-5-7-18(30-2)8-6-17)32(27,28)20-11-9-19(31-3)10-12-20/h5-12,21-22H,4,13-16H2,1-3H3,(H,24,26). The van der Waals surface area contributed by atoms with Crippen LogP contribution in [0.25, 0.3) is 0 Å². The number of hydrogen-bond acceptors (Lipinski definition) is 6. The molecule has 2 unspecified atom stereocenters. The lowest BCUT2D eigenvalue weighted by molar-refractivity contribution is -0.124. The van der Waals surface area contributed by atoms with Gasteiger partial charge in [0, 0.05) is 39.3 Å². The lowest BCUT2D eigenvalue weighted by atomic mass is 9.88. The van der Waals surface area contributed by atoms with Crippen LogP contribution in [0.2, 0.25) is 0 Å². The van der Waals surface area contributed by atoms with E-state index in [2.05, 4.69) is 5.32 Å². The molecule has 0 bridgehead atoms. The molecule has 1 N–H and O–H groups in total. The molecule has 174 valence electrons. The summed E-state index contributed by atoms with van der Waals surface area (Å²) in [6.45, 7) is 1.35. The number of hydrogen-bond donors (Lipinski definition) is 1. The fourth-order valence-corrected chi connectivity index (χ4v) is 5.37. The molecule has 2 atom stereocenters. The smallest absolute Gasteiger partial charge is 0.243 e. The molecule has 3 rings (SSSR count). The molecule has 1 aliphatic heterocycles. The third-order valence-corrected chi connectivity index (χ3v) is 7.53. The number of ether oxygens (including phenoxy) is 3. The summed E-state index contributed by atoms with van der Waals surface area (Å²) in [6.07, 6.45) is 0.690. The van der Waals surface area contributed by atoms with E-state index in [4.69, 9.17) is 14.2 Å². The van der Waals surface area contributed by atoms with Crippen molar-refractivity contribution in [3.63, 3.8) is 0 Å². The molecular formula is C23H30N2O6S. The van der Waals surface area contributed by atoms with Crippen LogP contribution in [0.3, 0.4) is 0 Å². The first-order valence-corrected chi connectivity index (χ1v) is 11.9. The van der Waals surface area contributed by atoms with Gasteiger partial charge in [-0.25, -0.2) is 8.42 Å². The predicted octanol–water partition coefficient (Wildman–Crippen LogP) is 2.26. The second-order valence-electron chi connectivity index (χ2n) is 7.62. The minimum atomic E-state index is -3.76. The highest BCUT2D eigenvalue weighted by atomic mass is 32.2. The summed E-state index contributed by atoms with van der Waals surface area (Å²) in [7, 11) is 0.966. The molecule has 0 saturated carbocycles. The molecule has 1 aliphatic rings. The number of nitrogens with zero attached hydrogens (tertiary/aromatic N) is 1. The number of carbonyl (C=O) groups excluding carboxylic acids is 1. The molecule has 1 fully saturated rings. The topological polar surface area (TPSA) is 94.2 Å². The van der Waals surface area contributed by atoms with Crippen molar-refractivity contribution in [1.29, 1.82) is 0 Å². The molecular weight excluding hydrogens is 432 g/mol. The van der Waals surface area contributed by atoms with Gasteiger partial charge in [-0.3, -0.25) is 4.79 Å². The predicted molar refractivity (Wildman–Crippen MR) is 120 cm³/mol. The van der Waals surface area contributed by atoms with Crippen LogP contribution in [0.4, 0.5) is 0 Å². The molecule has 1 saturated heterocycles. The maximum absolute atomic E-state index is 13.3. The van der Waals surface area contributed by atoms with E-state index in [1.54, 1.807) is 26.4 Å². The van der Waals surface area contributed by atoms with Gasteiger partial charge in [0.05, 0.1) is 25.0 Å². The van der Waals surface area contributed by atoms with Gasteiger partial charge >= 0.3 is 0 Å². The number of amides is 1. The van der Waals surface area contributed by atoms with Gasteiger partial charge in [0.1, 0.15) is 11.5 Å². The molecule has 1 heterocycles. The highest BCUT2D eigenvalue weighted by Crippen LogP contribution is 2.36. The number of carbonyl (C=O) groups is 1. The average Bonchev–Trinajstić information content (AvgIpc) is 3.28. The number of benzene rings is 2. The second-order valence-corrected chi connectivity index (χ2v) is 9.56. The van der Waals surface area contributed by atoms with Crippen molar-refractivity contribution in [2.24, 2.45) is 5.92 Å². The van der Waals surface area contributed by atoms with E-state index in [1.807, 2.05) is 24.3 Å². The van der Waals surface area contributed by atoms with Gasteiger partial charge in [0.2, 0.25) is 15.9 Å². The largest absolute Gasteiger partial charge is 0.497 e. The van der Waals surface area contributed by atoms with E-state index in [0.29, 0.717) is 31.1 Å². The maximum Gasteiger partial charge on any atom is 0.243 e. The van der Waals surface area contributed by atoms with Gasteiger partial charge in [0.25, 0.3) is 0 Å². The van der Waals surface area contributed by atoms with Crippen LogP contribution in [0.5, 0.6) is 11.5 Å². The lowest BCUT2D eigenvalue weighted by Gasteiger charge is -2.18. The molecule has 2 aromatic rings. The minimum Gasteiger partial charge on any atom is -0.497 e. The van der Waals surface area contributed by atoms with Gasteiger partial charge in [-0.15, -0.1) is 0 Å². The summed E-state index contributed by atoms with van der Waals surface area (Å²) >= 11 is 0. The molecule has 9 heteroatoms. The van der Waals surface area contributed by atoms with Crippen molar-refractivity contribution >= 4 is 15.9 Å². The van der Waals surface area contributed by atoms with E-state index < -0.39 is 15.9 Å². The maximum atomic E-state index is 13.3. The van der Waals surface area contributed by atoms with Crippen molar-refractivity contribution in [1.82, 2.24) is 9.62 Å². The van der Waals surface area contributed by atoms with Crippen molar-refractivity contribution in [3.8, 4) is 11.5 Å². The first kappa shape index (κ1) is 24.0. The summed E-state index contributed by atoms with van der Waals surface area (Å²) in [5, 5.41) is 2.93. The Hall–Kier alpha value is -2.62. The van der Waals surface area contributed by atoms with E-state index >= 15 is 0 Å². The zero-order valence-electron chi connectivity index (χ0n) is 18.6. The molecule has 32 heavy (non-hydrogen) atoms. The SMILES string of the molecule is COCCCNC(=O)C1CN(S(=O)(=O)c2ccc(OC)cc2)CC1c1ccc(OC)cc1. The van der Waals surface area contributed by atoms with Crippen LogP contribution in [0, 0.1) is 5.92 Å². The van der Waals surface area contributed by atoms with E-state index in [9.17, 15) is 13.2 Å². The monoisotopic (exact) mass is 462 g/mol. The van der Waals surface area contributed by atoms with E-state index in [1.165, 1.54) is 23.5 Å². The molecule has 2 aromatic carbocycles. The number of nitrogens with one attached hydrogen (secondary N) is 1. The summed E-state index contributed by atoms with van der Waals surface area (Å²) in [6, 6.07) is 13.7. The van der Waals surface area contributed by atoms with Crippen LogP contribution in [-0.4, -0.2) is 66.2 Å². The molecule has 0 aliphatic carbocycles. The second kappa shape index (κ2) is 10.8. The van der Waals surface area contributed by atoms with Crippen LogP contribution in [-0.2, 0) is 19.6 Å². The summed E-state index contributed by atoms with van der Waals surface area (Å²) in [4.78, 5) is 13.2. The van der Waals surface area contributed by atoms with Crippen molar-refractivity contribution < 1.29 is 27.4 Å². The zero-order chi connectivity index (χ0) is 23.1. The third kappa shape index (κ3) is 5.40. The zero-order valence-corrected chi connectivity index (χ0v) is 19.4. The Kier molecular flexibility index (Phi) is 8.11. The lowest BCUT2D eigenvalue weighted by Crippen LogP contribution is -2.36. The molecule has 8 nitrogen and oxygen atoms in total. The Balaban J connectivity index is 1.84. The van der Waals surface area contributed by atoms with E-state index in [0.717, 1.165) is 5.56 Å². The van der Waals surface area contributed by atoms with Gasteiger partial charge in [0.15, 0.2) is 0 Å². The third-order valence-electron chi connectivity index (χ3n) is 5.69. The average molecular weight is 463 g/mol. The van der Waals surface area contributed by atoms with Crippen LogP contribution in [0.1, 0.15) is 17.9 Å². The van der Waals surface area contributed by atoms with Gasteiger partial charge in [-0.1, -0.05) is 12.1 Å². The first-order valence-electron chi connectivity index (χ1n) is 10.5. The Labute approximate surface area is 189 Å². The normalized spacial score (nSPS) is 19.0. The fourth-order valence-electron chi connectivity index (χ4n) is 3.87. The Morgan fingerprint density at radius 2 is 1.56 bits per heavy atom. The van der Waals surface area contributed by atoms with Crippen molar-refractivity contribution in [2.45, 2.75) is 17.2 Å². The number of rotatable bonds is 10. The van der Waals surface area contributed by atoms with Gasteiger partial charge < -0.3 is 19.5 Å². The Morgan fingerprint density at radius 3 is 2.12 bits per heavy atom. The van der Waals surface area contributed by atoms with Crippen LogP contribution >= 0.6 is 0 Å². The quantitative estimate of drug-likeness (QED) is 0.545. The number of sulfonamides is 1. The fraction of sp³-hybridized carbons (Fsp3) is 0.435. The van der Waals surface area contributed by atoms with E-state index in [-0.39, 0.29) is 29.8 Å². The number of methoxy groups -OCH3 is 3. The van der Waals surface area contributed by atoms with Crippen LogP contribution in [0.15, 0.2) is 53.4 Å². The highest BCUT2D eigenvalue weighted by molar-refractivity contribution is 7.89. The van der Waals surface area contributed by atoms with Crippen molar-refractivity contribution in [3.05, 3.63) is 54.1 Å². The Morgan fingerprint density at radius 1 is 0.969 bits per heavy atom. The summed E-state index contributed by atoms with van der Waals surface area (Å²) in [5.74, 6) is 0.356. The van der Waals surface area contributed by atoms with Crippen molar-refractivity contribution in [2.75, 3.05) is 47.6 Å². The Bertz CT molecular complexity index is 992. The van der Waals surface area contributed by atoms with Gasteiger partial charge in [-0.05, 0) is 48.4 Å². The summed E-state index contributed by atoms with van der Waals surface area (Å²) < 4.78 is 43.4. The summed E-state index contributed by atoms with van der Waals surface area (Å²) in [5.41, 5.74) is 0.898. The first-order chi connectivity index (χ1) is 15.4. The molecule has 0 radical (unpaired) electrons. The molecule has 0 aromatic heterocycles. The van der Waals surface area contributed by atoms with Crippen LogP contribution < -0.4 is 14.8 Å². The minimum absolute atomic E-state index is 0.112. The highest BCUT2D eigenvalue weighted by Gasteiger charge is 2.43.